The Balaban J connectivity index is 0. The summed E-state index contributed by atoms with van der Waals surface area (Å²) < 4.78 is 0. The van der Waals surface area contributed by atoms with Crippen LogP contribution < -0.4 is 16.6 Å². The third-order valence-electron chi connectivity index (χ3n) is 1.06. The van der Waals surface area contributed by atoms with Gasteiger partial charge < -0.3 is 5.32 Å². The summed E-state index contributed by atoms with van der Waals surface area (Å²) in [6.07, 6.45) is 4.73. The van der Waals surface area contributed by atoms with Crippen molar-refractivity contribution >= 4 is 5.91 Å². The Morgan fingerprint density at radius 3 is 2.36 bits per heavy atom. The fourth-order valence-electron chi connectivity index (χ4n) is 0.586. The molecule has 0 heterocycles. The van der Waals surface area contributed by atoms with Gasteiger partial charge in [0, 0.05) is 5.70 Å². The van der Waals surface area contributed by atoms with Gasteiger partial charge in [-0.2, -0.15) is 0 Å². The molecule has 4 heteroatoms. The van der Waals surface area contributed by atoms with Crippen molar-refractivity contribution in [3.8, 4) is 0 Å². The monoisotopic (exact) mass is 197 g/mol. The Morgan fingerprint density at radius 2 is 2.00 bits per heavy atom. The van der Waals surface area contributed by atoms with Crippen molar-refractivity contribution in [3.05, 3.63) is 37.1 Å². The van der Waals surface area contributed by atoms with Crippen LogP contribution in [0.4, 0.5) is 0 Å². The number of hydrogen-bond donors (Lipinski definition) is 3. The van der Waals surface area contributed by atoms with E-state index in [0.29, 0.717) is 5.70 Å². The van der Waals surface area contributed by atoms with E-state index < -0.39 is 0 Å². The third kappa shape index (κ3) is 8.70. The predicted molar refractivity (Wildman–Crippen MR) is 60.2 cm³/mol. The molecule has 0 aromatic rings. The number of hydrogen-bond acceptors (Lipinski definition) is 3. The highest BCUT2D eigenvalue weighted by Crippen LogP contribution is 1.89. The summed E-state index contributed by atoms with van der Waals surface area (Å²) in [6.45, 7) is 11.1. The fraction of sp³-hybridized carbons (Fsp3) is 0.300. The normalized spacial score (nSPS) is 9.50. The SMILES string of the molecule is C=C/C=C(\C=C)NC(=O)CNN.CC. The van der Waals surface area contributed by atoms with Crippen LogP contribution in [0.3, 0.4) is 0 Å². The number of rotatable bonds is 5. The van der Waals surface area contributed by atoms with E-state index in [4.69, 9.17) is 5.84 Å². The minimum Gasteiger partial charge on any atom is -0.325 e. The van der Waals surface area contributed by atoms with Crippen molar-refractivity contribution in [1.29, 1.82) is 0 Å². The topological polar surface area (TPSA) is 67.2 Å². The van der Waals surface area contributed by atoms with Crippen LogP contribution in [0.15, 0.2) is 37.1 Å². The number of nitrogens with one attached hydrogen (secondary N) is 2. The van der Waals surface area contributed by atoms with Crippen molar-refractivity contribution in [1.82, 2.24) is 10.7 Å². The summed E-state index contributed by atoms with van der Waals surface area (Å²) >= 11 is 0. The Labute approximate surface area is 85.5 Å². The second-order valence-electron chi connectivity index (χ2n) is 1.99. The lowest BCUT2D eigenvalue weighted by Crippen LogP contribution is -2.36. The van der Waals surface area contributed by atoms with Crippen LogP contribution in [0.5, 0.6) is 0 Å². The quantitative estimate of drug-likeness (QED) is 0.348. The molecule has 1 amide bonds. The largest absolute Gasteiger partial charge is 0.325 e. The van der Waals surface area contributed by atoms with Crippen LogP contribution in [0.25, 0.3) is 0 Å². The zero-order chi connectivity index (χ0) is 11.4. The highest BCUT2D eigenvalue weighted by molar-refractivity contribution is 5.80. The first-order chi connectivity index (χ1) is 6.74. The molecule has 0 aliphatic heterocycles. The molecule has 0 rings (SSSR count). The lowest BCUT2D eigenvalue weighted by Gasteiger charge is -2.03. The summed E-state index contributed by atoms with van der Waals surface area (Å²) in [5.74, 6) is 4.73. The molecule has 0 aromatic heterocycles. The van der Waals surface area contributed by atoms with Crippen molar-refractivity contribution < 1.29 is 4.79 Å². The summed E-state index contributed by atoms with van der Waals surface area (Å²) in [4.78, 5) is 10.9. The van der Waals surface area contributed by atoms with Crippen molar-refractivity contribution in [2.24, 2.45) is 5.84 Å². The maximum absolute atomic E-state index is 10.9. The lowest BCUT2D eigenvalue weighted by atomic mass is 10.3. The van der Waals surface area contributed by atoms with Crippen molar-refractivity contribution in [2.75, 3.05) is 6.54 Å². The van der Waals surface area contributed by atoms with Crippen LogP contribution in [0, 0.1) is 0 Å². The van der Waals surface area contributed by atoms with Gasteiger partial charge in [0.05, 0.1) is 6.54 Å². The Kier molecular flexibility index (Phi) is 12.5. The molecule has 0 spiro atoms. The van der Waals surface area contributed by atoms with Gasteiger partial charge in [0.15, 0.2) is 0 Å². The van der Waals surface area contributed by atoms with Gasteiger partial charge in [-0.1, -0.05) is 33.1 Å². The molecule has 4 nitrogen and oxygen atoms in total. The smallest absolute Gasteiger partial charge is 0.239 e. The molecule has 14 heavy (non-hydrogen) atoms. The Bertz CT molecular complexity index is 209. The van der Waals surface area contributed by atoms with E-state index >= 15 is 0 Å². The predicted octanol–water partition coefficient (Wildman–Crippen LogP) is 0.848. The molecule has 0 aliphatic carbocycles. The van der Waals surface area contributed by atoms with Crippen LogP contribution in [-0.2, 0) is 4.79 Å². The first kappa shape index (κ1) is 15.1. The molecule has 0 unspecified atom stereocenters. The zero-order valence-corrected chi connectivity index (χ0v) is 8.84. The summed E-state index contributed by atoms with van der Waals surface area (Å²) in [5, 5.41) is 2.56. The van der Waals surface area contributed by atoms with Crippen LogP contribution in [0.2, 0.25) is 0 Å². The first-order valence-electron chi connectivity index (χ1n) is 4.43. The number of carbonyl (C=O) groups is 1. The third-order valence-corrected chi connectivity index (χ3v) is 1.06. The van der Waals surface area contributed by atoms with Gasteiger partial charge in [-0.15, -0.1) is 0 Å². The second-order valence-corrected chi connectivity index (χ2v) is 1.99. The summed E-state index contributed by atoms with van der Waals surface area (Å²) in [5.41, 5.74) is 2.84. The minimum absolute atomic E-state index is 0.0717. The molecule has 0 radical (unpaired) electrons. The Morgan fingerprint density at radius 1 is 1.43 bits per heavy atom. The highest BCUT2D eigenvalue weighted by atomic mass is 16.2. The average Bonchev–Trinajstić information content (AvgIpc) is 2.20. The van der Waals surface area contributed by atoms with Gasteiger partial charge in [0.1, 0.15) is 0 Å². The minimum atomic E-state index is -0.217. The standard InChI is InChI=1S/C8H13N3O.C2H6/c1-3-5-7(4-2)11-8(12)6-10-9;1-2/h3-5,10H,1-2,6,9H2,(H,11,12);1-2H3/b7-5+;. The number of amides is 1. The van der Waals surface area contributed by atoms with E-state index in [1.807, 2.05) is 13.8 Å². The van der Waals surface area contributed by atoms with Gasteiger partial charge in [0.25, 0.3) is 0 Å². The second kappa shape index (κ2) is 11.6. The van der Waals surface area contributed by atoms with E-state index in [1.54, 1.807) is 12.2 Å². The fourth-order valence-corrected chi connectivity index (χ4v) is 0.586. The Hall–Kier alpha value is -1.39. The van der Waals surface area contributed by atoms with Gasteiger partial charge in [-0.05, 0) is 12.2 Å². The molecule has 0 bridgehead atoms. The number of allylic oxidation sites excluding steroid dienone is 3. The number of hydrazine groups is 1. The summed E-state index contributed by atoms with van der Waals surface area (Å²) in [7, 11) is 0. The van der Waals surface area contributed by atoms with Crippen LogP contribution >= 0.6 is 0 Å². The van der Waals surface area contributed by atoms with Gasteiger partial charge in [-0.3, -0.25) is 16.1 Å². The highest BCUT2D eigenvalue weighted by Gasteiger charge is 1.98. The molecule has 0 saturated heterocycles. The van der Waals surface area contributed by atoms with E-state index in [-0.39, 0.29) is 12.5 Å². The molecular formula is C10H19N3O. The van der Waals surface area contributed by atoms with E-state index in [1.165, 1.54) is 6.08 Å². The van der Waals surface area contributed by atoms with Gasteiger partial charge in [-0.25, -0.2) is 0 Å². The molecule has 0 aromatic carbocycles. The maximum Gasteiger partial charge on any atom is 0.239 e. The molecule has 0 atom stereocenters. The molecular weight excluding hydrogens is 178 g/mol. The van der Waals surface area contributed by atoms with Crippen LogP contribution in [-0.4, -0.2) is 12.5 Å². The van der Waals surface area contributed by atoms with Crippen LogP contribution in [0.1, 0.15) is 13.8 Å². The summed E-state index contributed by atoms with van der Waals surface area (Å²) in [6, 6.07) is 0. The zero-order valence-electron chi connectivity index (χ0n) is 8.84. The van der Waals surface area contributed by atoms with Crippen molar-refractivity contribution in [2.45, 2.75) is 13.8 Å². The average molecular weight is 197 g/mol. The van der Waals surface area contributed by atoms with Gasteiger partial charge in [0.2, 0.25) is 5.91 Å². The maximum atomic E-state index is 10.9. The lowest BCUT2D eigenvalue weighted by molar-refractivity contribution is -0.119. The molecule has 0 aliphatic rings. The molecule has 0 fully saturated rings. The van der Waals surface area contributed by atoms with E-state index in [0.717, 1.165) is 0 Å². The number of nitrogens with two attached hydrogens (primary N) is 1. The van der Waals surface area contributed by atoms with E-state index in [2.05, 4.69) is 23.9 Å². The molecule has 0 saturated carbocycles. The van der Waals surface area contributed by atoms with Gasteiger partial charge >= 0.3 is 0 Å². The number of carbonyl (C=O) groups excluding carboxylic acids is 1. The molecule has 80 valence electrons. The molecule has 4 N–H and O–H groups in total. The van der Waals surface area contributed by atoms with E-state index in [9.17, 15) is 4.79 Å². The first-order valence-corrected chi connectivity index (χ1v) is 4.43. The van der Waals surface area contributed by atoms with Crippen molar-refractivity contribution in [3.63, 3.8) is 0 Å².